The third-order valence-corrected chi connectivity index (χ3v) is 4.98. The molecule has 24 heavy (non-hydrogen) atoms. The lowest BCUT2D eigenvalue weighted by atomic mass is 10.0. The van der Waals surface area contributed by atoms with E-state index in [0.717, 1.165) is 41.5 Å². The number of carbonyl (C=O) groups is 1. The Kier molecular flexibility index (Phi) is 5.48. The van der Waals surface area contributed by atoms with Gasteiger partial charge in [0, 0.05) is 29.9 Å². The molecule has 1 aliphatic rings. The molecular weight excluding hydrogens is 326 g/mol. The van der Waals surface area contributed by atoms with Crippen molar-refractivity contribution < 1.29 is 19.0 Å². The van der Waals surface area contributed by atoms with Crippen LogP contribution in [0.25, 0.3) is 10.6 Å². The Labute approximate surface area is 145 Å². The SMILES string of the molecule is COC(=O)c1cc(OCC2CCOCC2)cc(-c2ncc(C)s2)c1. The largest absolute Gasteiger partial charge is 0.493 e. The van der Waals surface area contributed by atoms with Gasteiger partial charge in [0.2, 0.25) is 0 Å². The summed E-state index contributed by atoms with van der Waals surface area (Å²) in [6, 6.07) is 5.46. The molecule has 0 saturated carbocycles. The number of rotatable bonds is 5. The highest BCUT2D eigenvalue weighted by Crippen LogP contribution is 2.30. The number of nitrogens with zero attached hydrogens (tertiary/aromatic N) is 1. The van der Waals surface area contributed by atoms with E-state index in [0.29, 0.717) is 23.8 Å². The maximum atomic E-state index is 11.9. The van der Waals surface area contributed by atoms with E-state index < -0.39 is 0 Å². The van der Waals surface area contributed by atoms with E-state index in [2.05, 4.69) is 4.98 Å². The summed E-state index contributed by atoms with van der Waals surface area (Å²) >= 11 is 1.59. The smallest absolute Gasteiger partial charge is 0.338 e. The molecule has 6 heteroatoms. The molecule has 0 bridgehead atoms. The molecule has 0 radical (unpaired) electrons. The van der Waals surface area contributed by atoms with Gasteiger partial charge < -0.3 is 14.2 Å². The summed E-state index contributed by atoms with van der Waals surface area (Å²) < 4.78 is 16.2. The Morgan fingerprint density at radius 2 is 2.12 bits per heavy atom. The van der Waals surface area contributed by atoms with Crippen LogP contribution < -0.4 is 4.74 Å². The first-order chi connectivity index (χ1) is 11.7. The zero-order chi connectivity index (χ0) is 16.9. The predicted octanol–water partition coefficient (Wildman–Crippen LogP) is 3.71. The lowest BCUT2D eigenvalue weighted by Crippen LogP contribution is -2.21. The molecule has 1 fully saturated rings. The average molecular weight is 347 g/mol. The molecule has 128 valence electrons. The van der Waals surface area contributed by atoms with Crippen molar-refractivity contribution in [1.82, 2.24) is 4.98 Å². The van der Waals surface area contributed by atoms with Crippen molar-refractivity contribution >= 4 is 17.3 Å². The maximum absolute atomic E-state index is 11.9. The van der Waals surface area contributed by atoms with Crippen LogP contribution in [-0.4, -0.2) is 37.9 Å². The van der Waals surface area contributed by atoms with Gasteiger partial charge in [0.05, 0.1) is 19.3 Å². The van der Waals surface area contributed by atoms with E-state index in [1.165, 1.54) is 7.11 Å². The molecule has 0 amide bonds. The molecule has 3 rings (SSSR count). The molecule has 5 nitrogen and oxygen atoms in total. The Hall–Kier alpha value is -1.92. The van der Waals surface area contributed by atoms with Crippen LogP contribution in [0.15, 0.2) is 24.4 Å². The Morgan fingerprint density at radius 1 is 1.33 bits per heavy atom. The molecule has 1 aromatic heterocycles. The Balaban J connectivity index is 1.82. The Bertz CT molecular complexity index is 707. The van der Waals surface area contributed by atoms with E-state index in [1.807, 2.05) is 19.2 Å². The van der Waals surface area contributed by atoms with Crippen LogP contribution >= 0.6 is 11.3 Å². The summed E-state index contributed by atoms with van der Waals surface area (Å²) in [5, 5.41) is 0.870. The molecule has 2 aromatic rings. The van der Waals surface area contributed by atoms with Crippen LogP contribution in [0, 0.1) is 12.8 Å². The van der Waals surface area contributed by atoms with Crippen molar-refractivity contribution in [1.29, 1.82) is 0 Å². The van der Waals surface area contributed by atoms with Crippen LogP contribution in [0.3, 0.4) is 0 Å². The number of aryl methyl sites for hydroxylation is 1. The molecular formula is C18H21NO4S. The lowest BCUT2D eigenvalue weighted by Gasteiger charge is -2.22. The fourth-order valence-electron chi connectivity index (χ4n) is 2.66. The van der Waals surface area contributed by atoms with Crippen molar-refractivity contribution in [2.75, 3.05) is 26.9 Å². The second-order valence-corrected chi connectivity index (χ2v) is 7.12. The van der Waals surface area contributed by atoms with Crippen molar-refractivity contribution in [3.05, 3.63) is 34.8 Å². The summed E-state index contributed by atoms with van der Waals surface area (Å²) in [5.74, 6) is 0.791. The molecule has 0 spiro atoms. The number of hydrogen-bond acceptors (Lipinski definition) is 6. The van der Waals surface area contributed by atoms with Crippen molar-refractivity contribution in [2.45, 2.75) is 19.8 Å². The second kappa shape index (κ2) is 7.77. The Morgan fingerprint density at radius 3 is 2.79 bits per heavy atom. The van der Waals surface area contributed by atoms with E-state index in [1.54, 1.807) is 23.5 Å². The molecule has 0 N–H and O–H groups in total. The second-order valence-electron chi connectivity index (χ2n) is 5.88. The number of aromatic nitrogens is 1. The summed E-state index contributed by atoms with van der Waals surface area (Å²) in [6.07, 6.45) is 3.85. The summed E-state index contributed by atoms with van der Waals surface area (Å²) in [4.78, 5) is 17.5. The van der Waals surface area contributed by atoms with Crippen LogP contribution in [-0.2, 0) is 9.47 Å². The van der Waals surface area contributed by atoms with E-state index in [4.69, 9.17) is 14.2 Å². The van der Waals surface area contributed by atoms with Gasteiger partial charge in [0.25, 0.3) is 0 Å². The molecule has 1 aliphatic heterocycles. The topological polar surface area (TPSA) is 57.7 Å². The number of methoxy groups -OCH3 is 1. The monoisotopic (exact) mass is 347 g/mol. The molecule has 2 heterocycles. The molecule has 0 aliphatic carbocycles. The zero-order valence-electron chi connectivity index (χ0n) is 13.9. The molecule has 1 aromatic carbocycles. The van der Waals surface area contributed by atoms with Gasteiger partial charge in [-0.05, 0) is 43.9 Å². The van der Waals surface area contributed by atoms with Crippen LogP contribution in [0.5, 0.6) is 5.75 Å². The van der Waals surface area contributed by atoms with Crippen LogP contribution in [0.4, 0.5) is 0 Å². The highest BCUT2D eigenvalue weighted by molar-refractivity contribution is 7.14. The number of benzene rings is 1. The van der Waals surface area contributed by atoms with Gasteiger partial charge in [-0.3, -0.25) is 0 Å². The maximum Gasteiger partial charge on any atom is 0.338 e. The van der Waals surface area contributed by atoms with Gasteiger partial charge in [0.15, 0.2) is 0 Å². The van der Waals surface area contributed by atoms with Crippen molar-refractivity contribution in [3.63, 3.8) is 0 Å². The van der Waals surface area contributed by atoms with Gasteiger partial charge in [0.1, 0.15) is 10.8 Å². The first-order valence-electron chi connectivity index (χ1n) is 8.02. The summed E-state index contributed by atoms with van der Waals surface area (Å²) in [5.41, 5.74) is 1.35. The van der Waals surface area contributed by atoms with Gasteiger partial charge in [-0.2, -0.15) is 0 Å². The fraction of sp³-hybridized carbons (Fsp3) is 0.444. The van der Waals surface area contributed by atoms with Gasteiger partial charge in [-0.15, -0.1) is 11.3 Å². The third-order valence-electron chi connectivity index (χ3n) is 4.02. The first-order valence-corrected chi connectivity index (χ1v) is 8.84. The normalized spacial score (nSPS) is 15.2. The zero-order valence-corrected chi connectivity index (χ0v) is 14.7. The summed E-state index contributed by atoms with van der Waals surface area (Å²) in [6.45, 7) is 4.22. The number of thiazole rings is 1. The van der Waals surface area contributed by atoms with E-state index in [-0.39, 0.29) is 5.97 Å². The standard InChI is InChI=1S/C18H21NO4S/c1-12-10-19-17(24-12)14-7-15(18(20)21-2)9-16(8-14)23-11-13-3-5-22-6-4-13/h7-10,13H,3-6,11H2,1-2H3. The van der Waals surface area contributed by atoms with Crippen LogP contribution in [0.1, 0.15) is 28.1 Å². The summed E-state index contributed by atoms with van der Waals surface area (Å²) in [7, 11) is 1.38. The van der Waals surface area contributed by atoms with Gasteiger partial charge in [-0.1, -0.05) is 0 Å². The number of carbonyl (C=O) groups excluding carboxylic acids is 1. The number of ether oxygens (including phenoxy) is 3. The van der Waals surface area contributed by atoms with Crippen molar-refractivity contribution in [3.8, 4) is 16.3 Å². The molecule has 1 saturated heterocycles. The minimum Gasteiger partial charge on any atom is -0.493 e. The quantitative estimate of drug-likeness (QED) is 0.772. The number of hydrogen-bond donors (Lipinski definition) is 0. The first kappa shape index (κ1) is 16.9. The lowest BCUT2D eigenvalue weighted by molar-refractivity contribution is 0.0497. The number of esters is 1. The van der Waals surface area contributed by atoms with Crippen molar-refractivity contribution in [2.24, 2.45) is 5.92 Å². The van der Waals surface area contributed by atoms with Gasteiger partial charge >= 0.3 is 5.97 Å². The highest BCUT2D eigenvalue weighted by Gasteiger charge is 2.16. The predicted molar refractivity (Wildman–Crippen MR) is 92.7 cm³/mol. The third kappa shape index (κ3) is 4.13. The fourth-order valence-corrected chi connectivity index (χ4v) is 3.41. The minimum atomic E-state index is -0.374. The molecule has 0 atom stereocenters. The van der Waals surface area contributed by atoms with E-state index in [9.17, 15) is 4.79 Å². The molecule has 0 unspecified atom stereocenters. The van der Waals surface area contributed by atoms with E-state index >= 15 is 0 Å². The van der Waals surface area contributed by atoms with Crippen LogP contribution in [0.2, 0.25) is 0 Å². The average Bonchev–Trinajstić information content (AvgIpc) is 3.06. The highest BCUT2D eigenvalue weighted by atomic mass is 32.1. The minimum absolute atomic E-state index is 0.374. The van der Waals surface area contributed by atoms with Gasteiger partial charge in [-0.25, -0.2) is 9.78 Å².